The van der Waals surface area contributed by atoms with Crippen LogP contribution in [0, 0.1) is 12.8 Å². The Balaban J connectivity index is 2.63. The molecular formula is C15H26N2. The van der Waals surface area contributed by atoms with Gasteiger partial charge in [-0.15, -0.1) is 0 Å². The summed E-state index contributed by atoms with van der Waals surface area (Å²) in [6, 6.07) is 6.40. The Morgan fingerprint density at radius 1 is 1.29 bits per heavy atom. The van der Waals surface area contributed by atoms with E-state index in [1.54, 1.807) is 0 Å². The van der Waals surface area contributed by atoms with Crippen molar-refractivity contribution in [2.45, 2.75) is 40.7 Å². The molecule has 0 aliphatic rings. The Morgan fingerprint density at radius 2 is 2.00 bits per heavy atom. The molecule has 0 radical (unpaired) electrons. The van der Waals surface area contributed by atoms with Gasteiger partial charge in [-0.1, -0.05) is 39.3 Å². The van der Waals surface area contributed by atoms with Crippen molar-refractivity contribution in [3.8, 4) is 0 Å². The van der Waals surface area contributed by atoms with E-state index in [0.717, 1.165) is 24.7 Å². The molecule has 1 unspecified atom stereocenters. The summed E-state index contributed by atoms with van der Waals surface area (Å²) in [5.41, 5.74) is 9.33. The van der Waals surface area contributed by atoms with Crippen LogP contribution in [0.5, 0.6) is 0 Å². The highest BCUT2D eigenvalue weighted by Gasteiger charge is 2.08. The Morgan fingerprint density at radius 3 is 2.53 bits per heavy atom. The topological polar surface area (TPSA) is 29.3 Å². The van der Waals surface area contributed by atoms with Gasteiger partial charge in [0.2, 0.25) is 0 Å². The standard InChI is InChI=1S/C15H26N2/c1-5-12(3)10-17(6-2)11-14-8-7-13(4)15(16)9-14/h7-9,12H,5-6,10-11,16H2,1-4H3. The first-order valence-electron chi connectivity index (χ1n) is 6.64. The van der Waals surface area contributed by atoms with Gasteiger partial charge in [0, 0.05) is 18.8 Å². The van der Waals surface area contributed by atoms with E-state index in [1.165, 1.54) is 24.1 Å². The van der Waals surface area contributed by atoms with Gasteiger partial charge in [0.15, 0.2) is 0 Å². The van der Waals surface area contributed by atoms with Gasteiger partial charge in [-0.05, 0) is 36.6 Å². The number of aryl methyl sites for hydroxylation is 1. The molecule has 0 spiro atoms. The Kier molecular flexibility index (Phi) is 5.49. The highest BCUT2D eigenvalue weighted by atomic mass is 15.1. The molecule has 0 fully saturated rings. The number of hydrogen-bond donors (Lipinski definition) is 1. The number of nitrogens with two attached hydrogens (primary N) is 1. The normalized spacial score (nSPS) is 13.0. The van der Waals surface area contributed by atoms with Crippen LogP contribution in [-0.4, -0.2) is 18.0 Å². The van der Waals surface area contributed by atoms with Gasteiger partial charge < -0.3 is 5.73 Å². The molecule has 2 N–H and O–H groups in total. The lowest BCUT2D eigenvalue weighted by atomic mass is 10.1. The summed E-state index contributed by atoms with van der Waals surface area (Å²) >= 11 is 0. The predicted octanol–water partition coefficient (Wildman–Crippen LogP) is 3.45. The largest absolute Gasteiger partial charge is 0.399 e. The van der Waals surface area contributed by atoms with Gasteiger partial charge in [-0.3, -0.25) is 4.90 Å². The highest BCUT2D eigenvalue weighted by molar-refractivity contribution is 5.48. The summed E-state index contributed by atoms with van der Waals surface area (Å²) in [5.74, 6) is 0.762. The third-order valence-electron chi connectivity index (χ3n) is 3.46. The van der Waals surface area contributed by atoms with Crippen molar-refractivity contribution in [3.63, 3.8) is 0 Å². The quantitative estimate of drug-likeness (QED) is 0.764. The summed E-state index contributed by atoms with van der Waals surface area (Å²) < 4.78 is 0. The average molecular weight is 234 g/mol. The predicted molar refractivity (Wildman–Crippen MR) is 76.0 cm³/mol. The Bertz CT molecular complexity index is 347. The second-order valence-electron chi connectivity index (χ2n) is 5.03. The van der Waals surface area contributed by atoms with Crippen LogP contribution >= 0.6 is 0 Å². The third kappa shape index (κ3) is 4.39. The molecule has 0 saturated carbocycles. The van der Waals surface area contributed by atoms with E-state index in [4.69, 9.17) is 5.73 Å². The second-order valence-corrected chi connectivity index (χ2v) is 5.03. The van der Waals surface area contributed by atoms with Gasteiger partial charge >= 0.3 is 0 Å². The van der Waals surface area contributed by atoms with Crippen molar-refractivity contribution < 1.29 is 0 Å². The molecule has 0 heterocycles. The number of anilines is 1. The van der Waals surface area contributed by atoms with Crippen LogP contribution in [-0.2, 0) is 6.54 Å². The van der Waals surface area contributed by atoms with E-state index < -0.39 is 0 Å². The molecule has 17 heavy (non-hydrogen) atoms. The van der Waals surface area contributed by atoms with Crippen molar-refractivity contribution in [3.05, 3.63) is 29.3 Å². The van der Waals surface area contributed by atoms with Crippen molar-refractivity contribution in [1.82, 2.24) is 4.90 Å². The molecule has 1 aromatic rings. The number of nitrogen functional groups attached to an aromatic ring is 1. The van der Waals surface area contributed by atoms with E-state index in [2.05, 4.69) is 50.8 Å². The zero-order valence-electron chi connectivity index (χ0n) is 11.7. The Labute approximate surface area is 106 Å². The summed E-state index contributed by atoms with van der Waals surface area (Å²) in [6.07, 6.45) is 1.24. The first-order valence-corrected chi connectivity index (χ1v) is 6.64. The van der Waals surface area contributed by atoms with Gasteiger partial charge in [0.1, 0.15) is 0 Å². The smallest absolute Gasteiger partial charge is 0.0346 e. The molecule has 2 nitrogen and oxygen atoms in total. The molecule has 0 bridgehead atoms. The van der Waals surface area contributed by atoms with E-state index >= 15 is 0 Å². The third-order valence-corrected chi connectivity index (χ3v) is 3.46. The molecule has 1 aromatic carbocycles. The maximum atomic E-state index is 5.95. The minimum atomic E-state index is 0.762. The first kappa shape index (κ1) is 14.0. The molecule has 2 heteroatoms. The summed E-state index contributed by atoms with van der Waals surface area (Å²) in [5, 5.41) is 0. The first-order chi connectivity index (χ1) is 8.06. The van der Waals surface area contributed by atoms with Crippen LogP contribution in [0.25, 0.3) is 0 Å². The highest BCUT2D eigenvalue weighted by Crippen LogP contribution is 2.15. The van der Waals surface area contributed by atoms with Crippen LogP contribution in [0.1, 0.15) is 38.3 Å². The van der Waals surface area contributed by atoms with Crippen molar-refractivity contribution in [1.29, 1.82) is 0 Å². The van der Waals surface area contributed by atoms with Gasteiger partial charge in [0.05, 0.1) is 0 Å². The van der Waals surface area contributed by atoms with Gasteiger partial charge in [0.25, 0.3) is 0 Å². The lowest BCUT2D eigenvalue weighted by Crippen LogP contribution is -2.27. The zero-order valence-corrected chi connectivity index (χ0v) is 11.7. The molecule has 0 aliphatic heterocycles. The SMILES string of the molecule is CCC(C)CN(CC)Cc1ccc(C)c(N)c1. The molecule has 0 aliphatic carbocycles. The molecule has 0 amide bonds. The van der Waals surface area contributed by atoms with Crippen molar-refractivity contribution in [2.24, 2.45) is 5.92 Å². The van der Waals surface area contributed by atoms with E-state index in [0.29, 0.717) is 0 Å². The van der Waals surface area contributed by atoms with E-state index in [1.807, 2.05) is 0 Å². The second kappa shape index (κ2) is 6.65. The van der Waals surface area contributed by atoms with Gasteiger partial charge in [-0.25, -0.2) is 0 Å². The minimum Gasteiger partial charge on any atom is -0.399 e. The molecule has 0 aromatic heterocycles. The van der Waals surface area contributed by atoms with Crippen LogP contribution in [0.3, 0.4) is 0 Å². The molecule has 1 atom stereocenters. The molecular weight excluding hydrogens is 208 g/mol. The lowest BCUT2D eigenvalue weighted by molar-refractivity contribution is 0.238. The van der Waals surface area contributed by atoms with Crippen LogP contribution in [0.15, 0.2) is 18.2 Å². The Hall–Kier alpha value is -1.02. The summed E-state index contributed by atoms with van der Waals surface area (Å²) in [6.45, 7) is 12.1. The van der Waals surface area contributed by atoms with E-state index in [-0.39, 0.29) is 0 Å². The molecule has 1 rings (SSSR count). The van der Waals surface area contributed by atoms with Crippen molar-refractivity contribution in [2.75, 3.05) is 18.8 Å². The van der Waals surface area contributed by atoms with Crippen LogP contribution in [0.2, 0.25) is 0 Å². The maximum Gasteiger partial charge on any atom is 0.0346 e. The zero-order chi connectivity index (χ0) is 12.8. The summed E-state index contributed by atoms with van der Waals surface area (Å²) in [7, 11) is 0. The van der Waals surface area contributed by atoms with Crippen LogP contribution < -0.4 is 5.73 Å². The average Bonchev–Trinajstić information content (AvgIpc) is 2.32. The monoisotopic (exact) mass is 234 g/mol. The summed E-state index contributed by atoms with van der Waals surface area (Å²) in [4.78, 5) is 2.48. The van der Waals surface area contributed by atoms with Gasteiger partial charge in [-0.2, -0.15) is 0 Å². The maximum absolute atomic E-state index is 5.95. The number of hydrogen-bond acceptors (Lipinski definition) is 2. The molecule has 0 saturated heterocycles. The number of benzene rings is 1. The fourth-order valence-corrected chi connectivity index (χ4v) is 1.92. The number of rotatable bonds is 6. The van der Waals surface area contributed by atoms with E-state index in [9.17, 15) is 0 Å². The molecule has 96 valence electrons. The lowest BCUT2D eigenvalue weighted by Gasteiger charge is -2.24. The fraction of sp³-hybridized carbons (Fsp3) is 0.600. The fourth-order valence-electron chi connectivity index (χ4n) is 1.92. The minimum absolute atomic E-state index is 0.762. The van der Waals surface area contributed by atoms with Crippen molar-refractivity contribution >= 4 is 5.69 Å². The van der Waals surface area contributed by atoms with Crippen LogP contribution in [0.4, 0.5) is 5.69 Å². The number of nitrogens with zero attached hydrogens (tertiary/aromatic N) is 1.